The summed E-state index contributed by atoms with van der Waals surface area (Å²) < 4.78 is 0. The highest BCUT2D eigenvalue weighted by molar-refractivity contribution is 7.21. The lowest BCUT2D eigenvalue weighted by molar-refractivity contribution is 1.30. The molecule has 0 nitrogen and oxygen atoms in total. The first-order valence-corrected chi connectivity index (χ1v) is 13.8. The van der Waals surface area contributed by atoms with Gasteiger partial charge in [-0.2, -0.15) is 21.9 Å². The molecule has 0 radical (unpaired) electrons. The molecule has 0 aliphatic heterocycles. The number of rotatable bonds is 4. The molecule has 0 aliphatic rings. The van der Waals surface area contributed by atoms with E-state index in [9.17, 15) is 0 Å². The van der Waals surface area contributed by atoms with Crippen LogP contribution in [0.25, 0.3) is 0 Å². The third-order valence-electron chi connectivity index (χ3n) is 8.68. The van der Waals surface area contributed by atoms with Crippen LogP contribution in [0.4, 0.5) is 0 Å². The molecule has 4 aromatic rings. The van der Waals surface area contributed by atoms with E-state index < -0.39 is 6.15 Å². The van der Waals surface area contributed by atoms with E-state index in [1.807, 2.05) is 0 Å². The Morgan fingerprint density at radius 3 is 0.553 bits per heavy atom. The monoisotopic (exact) mass is 522 g/mol. The molecule has 0 aromatic heterocycles. The van der Waals surface area contributed by atoms with Crippen molar-refractivity contribution in [1.82, 2.24) is 0 Å². The first kappa shape index (κ1) is 29.9. The van der Waals surface area contributed by atoms with Crippen LogP contribution in [0, 0.1) is 83.1 Å². The minimum absolute atomic E-state index is 0. The first-order chi connectivity index (χ1) is 17.3. The fourth-order valence-corrected chi connectivity index (χ4v) is 8.36. The fraction of sp³-hybridized carbons (Fsp3) is 0.333. The molecule has 0 fully saturated rings. The van der Waals surface area contributed by atoms with Crippen LogP contribution in [0.15, 0.2) is 48.5 Å². The molecule has 0 heterocycles. The van der Waals surface area contributed by atoms with Gasteiger partial charge in [0, 0.05) is 0 Å². The molecule has 1 atom stereocenters. The Balaban J connectivity index is 0.00000400. The summed E-state index contributed by atoms with van der Waals surface area (Å²) in [4.78, 5) is 0. The zero-order valence-corrected chi connectivity index (χ0v) is 28.2. The highest BCUT2D eigenvalue weighted by atomic mass is 31.0. The maximum atomic E-state index is 2.40. The van der Waals surface area contributed by atoms with E-state index in [1.165, 1.54) is 88.6 Å². The Kier molecular flexibility index (Phi) is 8.55. The smallest absolute Gasteiger partial charge is 0.110 e. The van der Waals surface area contributed by atoms with E-state index in [0.717, 1.165) is 0 Å². The largest absolute Gasteiger partial charge is 0.189 e. The zero-order chi connectivity index (χ0) is 27.4. The van der Waals surface area contributed by atoms with Gasteiger partial charge in [-0.05, 0) is 93.0 Å². The fourth-order valence-electron chi connectivity index (χ4n) is 8.36. The van der Waals surface area contributed by atoms with Gasteiger partial charge in [0.05, 0.1) is 0 Å². The molecule has 38 heavy (non-hydrogen) atoms. The third-order valence-corrected chi connectivity index (χ3v) is 8.68. The normalized spacial score (nSPS) is 11.5. The summed E-state index contributed by atoms with van der Waals surface area (Å²) in [6.45, 7) is 27.6. The predicted molar refractivity (Wildman–Crippen MR) is 179 cm³/mol. The Bertz CT molecular complexity index is 1210. The lowest BCUT2D eigenvalue weighted by Gasteiger charge is -2.51. The van der Waals surface area contributed by atoms with Gasteiger partial charge < -0.3 is 0 Å². The standard InChI is InChI=1S/C36H44B.H3P/c1-21-13-25(5)33(26(6)14-21)37(34-27(7)15-22(2)16-28(34)8,35-29(9)17-23(3)18-30(35)10)36-31(11)19-24(4)20-32(36)12;/h13-20H,1-12H3;1H3/q-1;/p+1. The van der Waals surface area contributed by atoms with Crippen LogP contribution < -0.4 is 21.9 Å². The molecule has 4 rings (SSSR count). The number of hydrogen-bond acceptors (Lipinski definition) is 0. The van der Waals surface area contributed by atoms with Crippen molar-refractivity contribution < 1.29 is 0 Å². The summed E-state index contributed by atoms with van der Waals surface area (Å²) in [7, 11) is 0. The van der Waals surface area contributed by atoms with Crippen LogP contribution in [0.3, 0.4) is 0 Å². The second kappa shape index (κ2) is 10.9. The van der Waals surface area contributed by atoms with Crippen molar-refractivity contribution in [3.8, 4) is 0 Å². The molecule has 4 aromatic carbocycles. The molecule has 0 bridgehead atoms. The van der Waals surface area contributed by atoms with Gasteiger partial charge >= 0.3 is 0 Å². The molecule has 200 valence electrons. The Morgan fingerprint density at radius 1 is 0.289 bits per heavy atom. The SMILES string of the molecule is Cc1cc(C)c([B-](c2c(C)cc(C)cc2C)(c2c(C)cc(C)cc2C)c2c(C)cc(C)cc2C)c(C)c1.[PH4+]. The van der Waals surface area contributed by atoms with Crippen molar-refractivity contribution in [2.75, 3.05) is 0 Å². The summed E-state index contributed by atoms with van der Waals surface area (Å²) >= 11 is 0. The molecule has 0 saturated heterocycles. The van der Waals surface area contributed by atoms with E-state index in [1.54, 1.807) is 0 Å². The van der Waals surface area contributed by atoms with Gasteiger partial charge in [0.1, 0.15) is 6.15 Å². The topological polar surface area (TPSA) is 0 Å². The summed E-state index contributed by atoms with van der Waals surface area (Å²) in [5.41, 5.74) is 22.4. The second-order valence-corrected chi connectivity index (χ2v) is 12.1. The maximum Gasteiger partial charge on any atom is 0.110 e. The highest BCUT2D eigenvalue weighted by Crippen LogP contribution is 2.25. The van der Waals surface area contributed by atoms with E-state index in [2.05, 4.69) is 132 Å². The van der Waals surface area contributed by atoms with Crippen molar-refractivity contribution in [3.05, 3.63) is 115 Å². The minimum atomic E-state index is -1.48. The molecule has 0 saturated carbocycles. The van der Waals surface area contributed by atoms with Gasteiger partial charge in [-0.15, -0.1) is 0 Å². The van der Waals surface area contributed by atoms with Crippen LogP contribution in [-0.4, -0.2) is 6.15 Å². The molecule has 0 amide bonds. The minimum Gasteiger partial charge on any atom is -0.189 e. The average Bonchev–Trinajstić information content (AvgIpc) is 2.70. The van der Waals surface area contributed by atoms with Crippen LogP contribution in [0.1, 0.15) is 66.8 Å². The quantitative estimate of drug-likeness (QED) is 0.211. The van der Waals surface area contributed by atoms with Gasteiger partial charge in [-0.3, -0.25) is 0 Å². The van der Waals surface area contributed by atoms with E-state index in [-0.39, 0.29) is 9.90 Å². The van der Waals surface area contributed by atoms with Crippen molar-refractivity contribution in [3.63, 3.8) is 0 Å². The zero-order valence-electron chi connectivity index (χ0n) is 26.2. The number of hydrogen-bond donors (Lipinski definition) is 0. The van der Waals surface area contributed by atoms with Gasteiger partial charge in [-0.25, -0.2) is 0 Å². The summed E-state index contributed by atoms with van der Waals surface area (Å²) in [6.07, 6.45) is -1.48. The third kappa shape index (κ3) is 4.80. The lowest BCUT2D eigenvalue weighted by atomic mass is 9.10. The summed E-state index contributed by atoms with van der Waals surface area (Å²) in [5.74, 6) is 0. The van der Waals surface area contributed by atoms with Crippen molar-refractivity contribution in [2.24, 2.45) is 0 Å². The van der Waals surface area contributed by atoms with Gasteiger partial charge in [0.15, 0.2) is 0 Å². The summed E-state index contributed by atoms with van der Waals surface area (Å²) in [6, 6.07) is 19.2. The molecule has 0 aliphatic carbocycles. The highest BCUT2D eigenvalue weighted by Gasteiger charge is 2.39. The molecule has 0 N–H and O–H groups in total. The summed E-state index contributed by atoms with van der Waals surface area (Å²) in [5, 5.41) is 0. The van der Waals surface area contributed by atoms with Crippen LogP contribution >= 0.6 is 9.90 Å². The molecule has 2 heteroatoms. The maximum absolute atomic E-state index is 2.40. The number of benzene rings is 4. The average molecular weight is 523 g/mol. The second-order valence-electron chi connectivity index (χ2n) is 12.1. The molecular formula is C36H48BP. The predicted octanol–water partition coefficient (Wildman–Crippen LogP) is 6.56. The van der Waals surface area contributed by atoms with Crippen molar-refractivity contribution in [2.45, 2.75) is 83.1 Å². The van der Waals surface area contributed by atoms with Crippen LogP contribution in [0.5, 0.6) is 0 Å². The van der Waals surface area contributed by atoms with E-state index in [0.29, 0.717) is 0 Å². The van der Waals surface area contributed by atoms with Crippen LogP contribution in [-0.2, 0) is 0 Å². The molecule has 1 unspecified atom stereocenters. The van der Waals surface area contributed by atoms with Gasteiger partial charge in [0.25, 0.3) is 0 Å². The molecular weight excluding hydrogens is 474 g/mol. The van der Waals surface area contributed by atoms with Gasteiger partial charge in [0.2, 0.25) is 0 Å². The van der Waals surface area contributed by atoms with Crippen molar-refractivity contribution >= 4 is 37.9 Å². The van der Waals surface area contributed by atoms with E-state index in [4.69, 9.17) is 0 Å². The first-order valence-electron chi connectivity index (χ1n) is 13.8. The van der Waals surface area contributed by atoms with E-state index >= 15 is 0 Å². The Hall–Kier alpha value is -2.63. The molecule has 0 spiro atoms. The number of aryl methyl sites for hydroxylation is 12. The Labute approximate surface area is 235 Å². The van der Waals surface area contributed by atoms with Gasteiger partial charge in [-0.1, -0.05) is 115 Å². The van der Waals surface area contributed by atoms with Crippen molar-refractivity contribution in [1.29, 1.82) is 0 Å². The lowest BCUT2D eigenvalue weighted by Crippen LogP contribution is -2.78. The Morgan fingerprint density at radius 2 is 0.421 bits per heavy atom. The van der Waals surface area contributed by atoms with Crippen LogP contribution in [0.2, 0.25) is 0 Å².